The maximum absolute atomic E-state index is 12.9. The fourth-order valence-corrected chi connectivity index (χ4v) is 1.85. The normalized spacial score (nSPS) is 11.4. The van der Waals surface area contributed by atoms with Gasteiger partial charge in [0.15, 0.2) is 0 Å². The van der Waals surface area contributed by atoms with Crippen LogP contribution in [0.15, 0.2) is 30.9 Å². The average Bonchev–Trinajstić information content (AvgIpc) is 2.42. The Morgan fingerprint density at radius 1 is 1.40 bits per heavy atom. The van der Waals surface area contributed by atoms with Crippen LogP contribution in [-0.2, 0) is 17.5 Å². The van der Waals surface area contributed by atoms with E-state index in [-0.39, 0.29) is 5.56 Å². The van der Waals surface area contributed by atoms with E-state index in [2.05, 4.69) is 6.58 Å². The Morgan fingerprint density at radius 3 is 2.60 bits per heavy atom. The molecule has 6 heteroatoms. The molecule has 1 aromatic rings. The lowest BCUT2D eigenvalue weighted by Crippen LogP contribution is -2.27. The molecule has 112 valence electrons. The molecular weight excluding hydrogens is 271 g/mol. The summed E-state index contributed by atoms with van der Waals surface area (Å²) in [7, 11) is 1.53. The van der Waals surface area contributed by atoms with Gasteiger partial charge in [0.1, 0.15) is 0 Å². The van der Waals surface area contributed by atoms with E-state index in [1.54, 1.807) is 17.0 Å². The fourth-order valence-electron chi connectivity index (χ4n) is 1.85. The van der Waals surface area contributed by atoms with Crippen LogP contribution in [0.4, 0.5) is 18.9 Å². The van der Waals surface area contributed by atoms with E-state index < -0.39 is 18.3 Å². The van der Waals surface area contributed by atoms with Crippen LogP contribution in [0.3, 0.4) is 0 Å². The summed E-state index contributed by atoms with van der Waals surface area (Å²) in [5.74, 6) is 0. The molecule has 0 fully saturated rings. The van der Waals surface area contributed by atoms with Crippen molar-refractivity contribution in [2.24, 2.45) is 0 Å². The van der Waals surface area contributed by atoms with Gasteiger partial charge in [-0.25, -0.2) is 0 Å². The highest BCUT2D eigenvalue weighted by molar-refractivity contribution is 5.52. The Morgan fingerprint density at radius 2 is 2.10 bits per heavy atom. The molecule has 0 aliphatic heterocycles. The quantitative estimate of drug-likeness (QED) is 0.783. The lowest BCUT2D eigenvalue weighted by Gasteiger charge is -2.24. The molecule has 1 N–H and O–H groups in total. The Hall–Kier alpha value is -1.53. The molecule has 0 saturated carbocycles. The van der Waals surface area contributed by atoms with Crippen LogP contribution in [0.25, 0.3) is 0 Å². The predicted octanol–water partition coefficient (Wildman–Crippen LogP) is 2.84. The molecule has 0 spiro atoms. The zero-order valence-electron chi connectivity index (χ0n) is 11.3. The molecule has 0 amide bonds. The molecule has 0 heterocycles. The third-order valence-electron chi connectivity index (χ3n) is 2.85. The summed E-state index contributed by atoms with van der Waals surface area (Å²) >= 11 is 0. The standard InChI is InChI=1S/C14H18F3NO2/c1-3-6-18(7-8-20-2)12-5-4-11(10-19)13(9-12)14(15,16)17/h3-5,9,19H,1,6-8,10H2,2H3. The van der Waals surface area contributed by atoms with Gasteiger partial charge in [0.05, 0.1) is 18.8 Å². The first-order valence-corrected chi connectivity index (χ1v) is 6.09. The van der Waals surface area contributed by atoms with E-state index in [1.165, 1.54) is 13.2 Å². The minimum Gasteiger partial charge on any atom is -0.392 e. The molecule has 0 aliphatic rings. The summed E-state index contributed by atoms with van der Waals surface area (Å²) in [6, 6.07) is 3.89. The summed E-state index contributed by atoms with van der Waals surface area (Å²) in [6.07, 6.45) is -2.88. The van der Waals surface area contributed by atoms with Gasteiger partial charge in [0, 0.05) is 25.9 Å². The van der Waals surface area contributed by atoms with Gasteiger partial charge in [-0.15, -0.1) is 6.58 Å². The molecule has 20 heavy (non-hydrogen) atoms. The van der Waals surface area contributed by atoms with E-state index in [4.69, 9.17) is 9.84 Å². The van der Waals surface area contributed by atoms with Gasteiger partial charge in [-0.05, 0) is 17.7 Å². The Bertz CT molecular complexity index is 447. The van der Waals surface area contributed by atoms with Gasteiger partial charge in [-0.2, -0.15) is 13.2 Å². The highest BCUT2D eigenvalue weighted by Gasteiger charge is 2.33. The maximum Gasteiger partial charge on any atom is 0.416 e. The first kappa shape index (κ1) is 16.5. The van der Waals surface area contributed by atoms with Crippen molar-refractivity contribution in [2.45, 2.75) is 12.8 Å². The molecule has 0 radical (unpaired) electrons. The van der Waals surface area contributed by atoms with Gasteiger partial charge in [-0.1, -0.05) is 12.1 Å². The number of aliphatic hydroxyl groups excluding tert-OH is 1. The number of aliphatic hydroxyl groups is 1. The summed E-state index contributed by atoms with van der Waals surface area (Å²) in [6.45, 7) is 4.22. The molecule has 1 rings (SSSR count). The smallest absolute Gasteiger partial charge is 0.392 e. The van der Waals surface area contributed by atoms with Crippen molar-refractivity contribution < 1.29 is 23.0 Å². The molecule has 0 atom stereocenters. The molecule has 3 nitrogen and oxygen atoms in total. The highest BCUT2D eigenvalue weighted by Crippen LogP contribution is 2.34. The lowest BCUT2D eigenvalue weighted by atomic mass is 10.1. The number of hydrogen-bond donors (Lipinski definition) is 1. The molecule has 1 aromatic carbocycles. The second-order valence-electron chi connectivity index (χ2n) is 4.22. The largest absolute Gasteiger partial charge is 0.416 e. The molecule has 0 aliphatic carbocycles. The van der Waals surface area contributed by atoms with Crippen LogP contribution in [0.5, 0.6) is 0 Å². The zero-order valence-corrected chi connectivity index (χ0v) is 11.3. The van der Waals surface area contributed by atoms with Crippen molar-refractivity contribution in [3.8, 4) is 0 Å². The van der Waals surface area contributed by atoms with Gasteiger partial charge in [0.2, 0.25) is 0 Å². The number of halogens is 3. The second kappa shape index (κ2) is 7.31. The van der Waals surface area contributed by atoms with Crippen molar-refractivity contribution in [1.82, 2.24) is 0 Å². The molecule has 0 unspecified atom stereocenters. The molecular formula is C14H18F3NO2. The molecule has 0 bridgehead atoms. The van der Waals surface area contributed by atoms with Crippen LogP contribution >= 0.6 is 0 Å². The zero-order chi connectivity index (χ0) is 15.2. The number of hydrogen-bond acceptors (Lipinski definition) is 3. The number of nitrogens with zero attached hydrogens (tertiary/aromatic N) is 1. The SMILES string of the molecule is C=CCN(CCOC)c1ccc(CO)c(C(F)(F)F)c1. The molecule has 0 saturated heterocycles. The maximum atomic E-state index is 12.9. The van der Waals surface area contributed by atoms with Crippen LogP contribution in [0.1, 0.15) is 11.1 Å². The van der Waals surface area contributed by atoms with Crippen LogP contribution in [-0.4, -0.2) is 31.9 Å². The topological polar surface area (TPSA) is 32.7 Å². The number of ether oxygens (including phenoxy) is 1. The number of rotatable bonds is 7. The Balaban J connectivity index is 3.13. The number of alkyl halides is 3. The minimum atomic E-state index is -4.49. The Kier molecular flexibility index (Phi) is 6.04. The lowest BCUT2D eigenvalue weighted by molar-refractivity contribution is -0.138. The number of anilines is 1. The summed E-state index contributed by atoms with van der Waals surface area (Å²) in [5.41, 5.74) is -0.526. The summed E-state index contributed by atoms with van der Waals surface area (Å²) < 4.78 is 43.8. The third kappa shape index (κ3) is 4.25. The van der Waals surface area contributed by atoms with Gasteiger partial charge < -0.3 is 14.7 Å². The van der Waals surface area contributed by atoms with Crippen molar-refractivity contribution in [3.05, 3.63) is 42.0 Å². The van der Waals surface area contributed by atoms with E-state index >= 15 is 0 Å². The van der Waals surface area contributed by atoms with Gasteiger partial charge in [-0.3, -0.25) is 0 Å². The van der Waals surface area contributed by atoms with E-state index in [9.17, 15) is 13.2 Å². The van der Waals surface area contributed by atoms with E-state index in [1.807, 2.05) is 0 Å². The first-order valence-electron chi connectivity index (χ1n) is 6.09. The monoisotopic (exact) mass is 289 g/mol. The van der Waals surface area contributed by atoms with E-state index in [0.29, 0.717) is 25.4 Å². The summed E-state index contributed by atoms with van der Waals surface area (Å²) in [4.78, 5) is 1.73. The third-order valence-corrected chi connectivity index (χ3v) is 2.85. The number of benzene rings is 1. The van der Waals surface area contributed by atoms with Gasteiger partial charge in [0.25, 0.3) is 0 Å². The fraction of sp³-hybridized carbons (Fsp3) is 0.429. The first-order chi connectivity index (χ1) is 9.43. The van der Waals surface area contributed by atoms with Crippen LogP contribution in [0.2, 0.25) is 0 Å². The minimum absolute atomic E-state index is 0.133. The van der Waals surface area contributed by atoms with Crippen LogP contribution < -0.4 is 4.90 Å². The van der Waals surface area contributed by atoms with Crippen LogP contribution in [0, 0.1) is 0 Å². The summed E-state index contributed by atoms with van der Waals surface area (Å²) in [5, 5.41) is 9.01. The van der Waals surface area contributed by atoms with Crippen molar-refractivity contribution in [3.63, 3.8) is 0 Å². The van der Waals surface area contributed by atoms with Crippen molar-refractivity contribution in [2.75, 3.05) is 31.7 Å². The highest BCUT2D eigenvalue weighted by atomic mass is 19.4. The number of methoxy groups -OCH3 is 1. The average molecular weight is 289 g/mol. The van der Waals surface area contributed by atoms with Crippen molar-refractivity contribution >= 4 is 5.69 Å². The molecule has 0 aromatic heterocycles. The predicted molar refractivity (Wildman–Crippen MR) is 71.7 cm³/mol. The van der Waals surface area contributed by atoms with Crippen molar-refractivity contribution in [1.29, 1.82) is 0 Å². The second-order valence-corrected chi connectivity index (χ2v) is 4.22. The van der Waals surface area contributed by atoms with E-state index in [0.717, 1.165) is 6.07 Å². The Labute approximate surface area is 116 Å². The van der Waals surface area contributed by atoms with Gasteiger partial charge >= 0.3 is 6.18 Å².